The third kappa shape index (κ3) is 4.13. The van der Waals surface area contributed by atoms with E-state index in [0.29, 0.717) is 5.56 Å². The lowest BCUT2D eigenvalue weighted by Gasteiger charge is -2.34. The number of nitrogens with zero attached hydrogens (tertiary/aromatic N) is 4. The monoisotopic (exact) mass is 510 g/mol. The summed E-state index contributed by atoms with van der Waals surface area (Å²) in [5.74, 6) is -0.442. The lowest BCUT2D eigenvalue weighted by Crippen LogP contribution is -2.36. The molecule has 0 aliphatic carbocycles. The highest BCUT2D eigenvalue weighted by Gasteiger charge is 2.47. The van der Waals surface area contributed by atoms with Gasteiger partial charge in [0.05, 0.1) is 17.9 Å². The van der Waals surface area contributed by atoms with Crippen molar-refractivity contribution in [3.05, 3.63) is 63.0 Å². The van der Waals surface area contributed by atoms with E-state index in [2.05, 4.69) is 36.8 Å². The molecule has 0 fully saturated rings. The minimum atomic E-state index is -4.51. The van der Waals surface area contributed by atoms with Gasteiger partial charge in [-0.1, -0.05) is 28.1 Å². The van der Waals surface area contributed by atoms with Crippen LogP contribution in [-0.2, 0) is 13.6 Å². The van der Waals surface area contributed by atoms with Crippen LogP contribution in [0.15, 0.2) is 34.9 Å². The van der Waals surface area contributed by atoms with Crippen LogP contribution >= 0.6 is 15.9 Å². The molecule has 7 nitrogen and oxygen atoms in total. The average molecular weight is 511 g/mol. The molecule has 1 aliphatic heterocycles. The van der Waals surface area contributed by atoms with Crippen molar-refractivity contribution in [2.45, 2.75) is 45.1 Å². The van der Waals surface area contributed by atoms with Crippen molar-refractivity contribution >= 4 is 27.7 Å². The highest BCUT2D eigenvalue weighted by molar-refractivity contribution is 9.10. The van der Waals surface area contributed by atoms with Crippen LogP contribution in [-0.4, -0.2) is 31.6 Å². The maximum Gasteiger partial charge on any atom is 0.410 e. The predicted octanol–water partition coefficient (Wildman–Crippen LogP) is 4.59. The number of aromatic nitrogens is 4. The molecular formula is C21H22BrF3N6O. The summed E-state index contributed by atoms with van der Waals surface area (Å²) < 4.78 is 44.9. The summed E-state index contributed by atoms with van der Waals surface area (Å²) in [4.78, 5) is 12.9. The lowest BCUT2D eigenvalue weighted by molar-refractivity contribution is -0.173. The Morgan fingerprint density at radius 3 is 2.56 bits per heavy atom. The number of carbonyl (C=O) groups is 1. The summed E-state index contributed by atoms with van der Waals surface area (Å²) in [7, 11) is 1.81. The fraction of sp³-hybridized carbons (Fsp3) is 0.381. The SMILES string of the molecule is Cc1nn(C)c(C)c1CNC(=O)c1cnn2c1N[C@H](c1ccc(Br)cc1)C[C@H]2C(F)(F)F. The predicted molar refractivity (Wildman–Crippen MR) is 116 cm³/mol. The molecule has 0 radical (unpaired) electrons. The van der Waals surface area contributed by atoms with E-state index in [0.717, 1.165) is 26.1 Å². The number of anilines is 1. The van der Waals surface area contributed by atoms with E-state index in [-0.39, 0.29) is 24.3 Å². The van der Waals surface area contributed by atoms with Gasteiger partial charge in [0.1, 0.15) is 11.4 Å². The normalized spacial score (nSPS) is 18.2. The number of hydrogen-bond donors (Lipinski definition) is 2. The van der Waals surface area contributed by atoms with Gasteiger partial charge in [-0.25, -0.2) is 4.68 Å². The number of aryl methyl sites for hydroxylation is 2. The minimum Gasteiger partial charge on any atom is -0.363 e. The molecule has 11 heteroatoms. The van der Waals surface area contributed by atoms with Crippen molar-refractivity contribution in [2.24, 2.45) is 7.05 Å². The topological polar surface area (TPSA) is 76.8 Å². The zero-order valence-electron chi connectivity index (χ0n) is 17.7. The Labute approximate surface area is 191 Å². The molecule has 1 aromatic carbocycles. The molecule has 0 bridgehead atoms. The van der Waals surface area contributed by atoms with Crippen molar-refractivity contribution < 1.29 is 18.0 Å². The zero-order chi connectivity index (χ0) is 23.2. The summed E-state index contributed by atoms with van der Waals surface area (Å²) in [5, 5.41) is 14.1. The van der Waals surface area contributed by atoms with Gasteiger partial charge in [-0.15, -0.1) is 0 Å². The van der Waals surface area contributed by atoms with E-state index < -0.39 is 24.2 Å². The number of rotatable bonds is 4. The fourth-order valence-electron chi connectivity index (χ4n) is 3.98. The number of fused-ring (bicyclic) bond motifs is 1. The molecule has 0 spiro atoms. The summed E-state index contributed by atoms with van der Waals surface area (Å²) in [6.07, 6.45) is -3.55. The first kappa shape index (κ1) is 22.4. The third-order valence-electron chi connectivity index (χ3n) is 5.84. The molecular weight excluding hydrogens is 489 g/mol. The van der Waals surface area contributed by atoms with Crippen molar-refractivity contribution in [2.75, 3.05) is 5.32 Å². The number of hydrogen-bond acceptors (Lipinski definition) is 4. The van der Waals surface area contributed by atoms with Gasteiger partial charge in [0.15, 0.2) is 6.04 Å². The highest BCUT2D eigenvalue weighted by Crippen LogP contribution is 2.44. The van der Waals surface area contributed by atoms with Crippen LogP contribution in [0.1, 0.15) is 51.4 Å². The van der Waals surface area contributed by atoms with Crippen LogP contribution < -0.4 is 10.6 Å². The lowest BCUT2D eigenvalue weighted by atomic mass is 9.96. The minimum absolute atomic E-state index is 0.0589. The summed E-state index contributed by atoms with van der Waals surface area (Å²) >= 11 is 3.34. The Hall–Kier alpha value is -2.82. The van der Waals surface area contributed by atoms with Gasteiger partial charge in [-0.05, 0) is 31.5 Å². The first-order chi connectivity index (χ1) is 15.1. The van der Waals surface area contributed by atoms with Gasteiger partial charge >= 0.3 is 6.18 Å². The Kier molecular flexibility index (Phi) is 5.78. The molecule has 3 aromatic rings. The number of halogens is 4. The maximum absolute atomic E-state index is 13.8. The van der Waals surface area contributed by atoms with Crippen LogP contribution in [0.5, 0.6) is 0 Å². The van der Waals surface area contributed by atoms with E-state index in [4.69, 9.17) is 0 Å². The van der Waals surface area contributed by atoms with Crippen molar-refractivity contribution in [1.82, 2.24) is 24.9 Å². The molecule has 4 rings (SSSR count). The fourth-order valence-corrected chi connectivity index (χ4v) is 4.24. The van der Waals surface area contributed by atoms with Gasteiger partial charge in [0.25, 0.3) is 5.91 Å². The van der Waals surface area contributed by atoms with Crippen LogP contribution in [0.4, 0.5) is 19.0 Å². The number of benzene rings is 1. The van der Waals surface area contributed by atoms with E-state index in [9.17, 15) is 18.0 Å². The smallest absolute Gasteiger partial charge is 0.363 e. The van der Waals surface area contributed by atoms with Crippen molar-refractivity contribution in [3.8, 4) is 0 Å². The van der Waals surface area contributed by atoms with E-state index in [1.807, 2.05) is 20.9 Å². The Balaban J connectivity index is 1.63. The second-order valence-corrected chi connectivity index (χ2v) is 8.76. The van der Waals surface area contributed by atoms with E-state index >= 15 is 0 Å². The summed E-state index contributed by atoms with van der Waals surface area (Å²) in [5.41, 5.74) is 3.33. The van der Waals surface area contributed by atoms with Crippen LogP contribution in [0.3, 0.4) is 0 Å². The Bertz CT molecular complexity index is 1150. The van der Waals surface area contributed by atoms with Gasteiger partial charge in [-0.3, -0.25) is 9.48 Å². The number of amides is 1. The van der Waals surface area contributed by atoms with Gasteiger partial charge in [0, 0.05) is 35.7 Å². The van der Waals surface area contributed by atoms with Crippen LogP contribution in [0, 0.1) is 13.8 Å². The van der Waals surface area contributed by atoms with Gasteiger partial charge < -0.3 is 10.6 Å². The molecule has 1 aliphatic rings. The molecule has 0 unspecified atom stereocenters. The van der Waals surface area contributed by atoms with Crippen molar-refractivity contribution in [1.29, 1.82) is 0 Å². The molecule has 2 N–H and O–H groups in total. The third-order valence-corrected chi connectivity index (χ3v) is 6.37. The first-order valence-corrected chi connectivity index (χ1v) is 10.8. The largest absolute Gasteiger partial charge is 0.410 e. The second-order valence-electron chi connectivity index (χ2n) is 7.85. The summed E-state index contributed by atoms with van der Waals surface area (Å²) in [6, 6.07) is 4.62. The number of alkyl halides is 3. The quantitative estimate of drug-likeness (QED) is 0.538. The van der Waals surface area contributed by atoms with Crippen molar-refractivity contribution in [3.63, 3.8) is 0 Å². The van der Waals surface area contributed by atoms with Crippen LogP contribution in [0.25, 0.3) is 0 Å². The number of nitrogens with one attached hydrogen (secondary N) is 2. The second kappa shape index (κ2) is 8.27. The van der Waals surface area contributed by atoms with Crippen LogP contribution in [0.2, 0.25) is 0 Å². The highest BCUT2D eigenvalue weighted by atomic mass is 79.9. The Morgan fingerprint density at radius 2 is 1.97 bits per heavy atom. The standard InChI is InChI=1S/C21H22BrF3N6O/c1-11-15(12(2)30(3)29-11)9-26-20(32)16-10-27-31-18(21(23,24)25)8-17(28-19(16)31)13-4-6-14(22)7-5-13/h4-7,10,17-18,28H,8-9H2,1-3H3,(H,26,32)/t17-,18-/m0/s1. The zero-order valence-corrected chi connectivity index (χ0v) is 19.3. The molecule has 3 heterocycles. The van der Waals surface area contributed by atoms with Gasteiger partial charge in [0.2, 0.25) is 0 Å². The molecule has 32 heavy (non-hydrogen) atoms. The molecule has 1 amide bonds. The maximum atomic E-state index is 13.8. The molecule has 0 saturated heterocycles. The van der Waals surface area contributed by atoms with E-state index in [1.165, 1.54) is 6.20 Å². The molecule has 2 atom stereocenters. The molecule has 170 valence electrons. The van der Waals surface area contributed by atoms with Gasteiger partial charge in [-0.2, -0.15) is 23.4 Å². The average Bonchev–Trinajstić information content (AvgIpc) is 3.26. The molecule has 0 saturated carbocycles. The Morgan fingerprint density at radius 1 is 1.28 bits per heavy atom. The first-order valence-electron chi connectivity index (χ1n) is 9.99. The summed E-state index contributed by atoms with van der Waals surface area (Å²) in [6.45, 7) is 3.95. The van der Waals surface area contributed by atoms with E-state index in [1.54, 1.807) is 28.9 Å². The number of carbonyl (C=O) groups excluding carboxylic acids is 1. The molecule has 2 aromatic heterocycles.